The van der Waals surface area contributed by atoms with Crippen LogP contribution >= 0.6 is 0 Å². The molecule has 1 aromatic rings. The second-order valence-corrected chi connectivity index (χ2v) is 7.47. The van der Waals surface area contributed by atoms with Crippen LogP contribution in [0.4, 0.5) is 0 Å². The molecular weight excluding hydrogens is 291 g/mol. The topological polar surface area (TPSA) is 36.9 Å². The second-order valence-electron chi connectivity index (χ2n) is 7.47. The molecule has 1 aromatic carbocycles. The van der Waals surface area contributed by atoms with Crippen molar-refractivity contribution in [3.63, 3.8) is 0 Å². The minimum Gasteiger partial charge on any atom is -0.497 e. The van der Waals surface area contributed by atoms with Crippen molar-refractivity contribution in [2.75, 3.05) is 20.3 Å². The van der Waals surface area contributed by atoms with Gasteiger partial charge < -0.3 is 18.8 Å². The summed E-state index contributed by atoms with van der Waals surface area (Å²) in [6.45, 7) is 9.97. The Balaban J connectivity index is 1.95. The molecule has 0 radical (unpaired) electrons. The Bertz CT molecular complexity index is 548. The standard InChI is InChI=1S/C18H27BO4/c1-17(2)18(3,4)23-19(22-17)16-7-6-14(20-5)12-15(16)13-8-10-21-11-9-13/h6-7,12-13H,8-11H2,1-5H3. The Kier molecular flexibility index (Phi) is 4.47. The summed E-state index contributed by atoms with van der Waals surface area (Å²) in [6, 6.07) is 6.21. The molecule has 0 aliphatic carbocycles. The lowest BCUT2D eigenvalue weighted by molar-refractivity contribution is 0.00578. The third kappa shape index (κ3) is 3.15. The zero-order valence-corrected chi connectivity index (χ0v) is 14.8. The summed E-state index contributed by atoms with van der Waals surface area (Å²) in [7, 11) is 1.38. The average molecular weight is 318 g/mol. The number of methoxy groups -OCH3 is 1. The highest BCUT2D eigenvalue weighted by atomic mass is 16.7. The van der Waals surface area contributed by atoms with Gasteiger partial charge in [0.05, 0.1) is 18.3 Å². The number of rotatable bonds is 3. The highest BCUT2D eigenvalue weighted by Gasteiger charge is 2.52. The third-order valence-electron chi connectivity index (χ3n) is 5.46. The summed E-state index contributed by atoms with van der Waals surface area (Å²) >= 11 is 0. The molecule has 0 saturated carbocycles. The van der Waals surface area contributed by atoms with Gasteiger partial charge >= 0.3 is 7.12 Å². The first kappa shape index (κ1) is 16.8. The average Bonchev–Trinajstić information content (AvgIpc) is 2.75. The fourth-order valence-electron chi connectivity index (χ4n) is 3.23. The van der Waals surface area contributed by atoms with E-state index in [0.29, 0.717) is 5.92 Å². The molecule has 0 N–H and O–H groups in total. The van der Waals surface area contributed by atoms with Crippen molar-refractivity contribution in [3.8, 4) is 5.75 Å². The zero-order valence-electron chi connectivity index (χ0n) is 14.8. The summed E-state index contributed by atoms with van der Waals surface area (Å²) < 4.78 is 23.5. The molecule has 2 aliphatic heterocycles. The van der Waals surface area contributed by atoms with Crippen LogP contribution < -0.4 is 10.2 Å². The molecule has 0 bridgehead atoms. The summed E-state index contributed by atoms with van der Waals surface area (Å²) in [5.41, 5.74) is 1.73. The summed E-state index contributed by atoms with van der Waals surface area (Å²) in [6.07, 6.45) is 2.05. The molecule has 2 aliphatic rings. The molecule has 2 saturated heterocycles. The van der Waals surface area contributed by atoms with E-state index in [4.69, 9.17) is 18.8 Å². The van der Waals surface area contributed by atoms with Crippen LogP contribution in [0.25, 0.3) is 0 Å². The Labute approximate surface area is 139 Å². The van der Waals surface area contributed by atoms with Gasteiger partial charge in [0.25, 0.3) is 0 Å². The number of benzene rings is 1. The predicted octanol–water partition coefficient (Wildman–Crippen LogP) is 2.89. The van der Waals surface area contributed by atoms with Crippen LogP contribution in [-0.2, 0) is 14.0 Å². The molecule has 23 heavy (non-hydrogen) atoms. The monoisotopic (exact) mass is 318 g/mol. The van der Waals surface area contributed by atoms with Crippen molar-refractivity contribution < 1.29 is 18.8 Å². The van der Waals surface area contributed by atoms with E-state index in [1.54, 1.807) is 7.11 Å². The Morgan fingerprint density at radius 3 is 2.22 bits per heavy atom. The lowest BCUT2D eigenvalue weighted by Gasteiger charge is -2.32. The third-order valence-corrected chi connectivity index (χ3v) is 5.46. The van der Waals surface area contributed by atoms with E-state index in [9.17, 15) is 0 Å². The summed E-state index contributed by atoms with van der Waals surface area (Å²) in [4.78, 5) is 0. The second kappa shape index (κ2) is 6.12. The molecule has 0 spiro atoms. The lowest BCUT2D eigenvalue weighted by atomic mass is 9.71. The molecule has 3 rings (SSSR count). The fourth-order valence-corrected chi connectivity index (χ4v) is 3.23. The SMILES string of the molecule is COc1ccc(B2OC(C)(C)C(C)(C)O2)c(C2CCOCC2)c1. The maximum atomic E-state index is 6.26. The van der Waals surface area contributed by atoms with Crippen LogP contribution in [-0.4, -0.2) is 38.6 Å². The van der Waals surface area contributed by atoms with Gasteiger partial charge in [0.2, 0.25) is 0 Å². The van der Waals surface area contributed by atoms with Crippen LogP contribution in [0.3, 0.4) is 0 Å². The number of hydrogen-bond acceptors (Lipinski definition) is 4. The largest absolute Gasteiger partial charge is 0.497 e. The summed E-state index contributed by atoms with van der Waals surface area (Å²) in [5.74, 6) is 1.35. The van der Waals surface area contributed by atoms with Crippen LogP contribution in [0.1, 0.15) is 52.0 Å². The quantitative estimate of drug-likeness (QED) is 0.803. The highest BCUT2D eigenvalue weighted by Crippen LogP contribution is 2.38. The van der Waals surface area contributed by atoms with Crippen molar-refractivity contribution in [2.45, 2.75) is 57.7 Å². The minimum absolute atomic E-state index is 0.329. The predicted molar refractivity (Wildman–Crippen MR) is 91.5 cm³/mol. The van der Waals surface area contributed by atoms with Crippen molar-refractivity contribution in [2.24, 2.45) is 0 Å². The van der Waals surface area contributed by atoms with Crippen LogP contribution in [0.15, 0.2) is 18.2 Å². The van der Waals surface area contributed by atoms with Crippen LogP contribution in [0, 0.1) is 0 Å². The van der Waals surface area contributed by atoms with E-state index in [-0.39, 0.29) is 18.3 Å². The van der Waals surface area contributed by atoms with E-state index < -0.39 is 0 Å². The molecule has 0 unspecified atom stereocenters. The Morgan fingerprint density at radius 2 is 1.65 bits per heavy atom. The van der Waals surface area contributed by atoms with E-state index in [2.05, 4.69) is 39.8 Å². The molecule has 0 amide bonds. The van der Waals surface area contributed by atoms with Crippen LogP contribution in [0.5, 0.6) is 5.75 Å². The molecule has 126 valence electrons. The maximum absolute atomic E-state index is 6.26. The highest BCUT2D eigenvalue weighted by molar-refractivity contribution is 6.62. The summed E-state index contributed by atoms with van der Waals surface area (Å²) in [5, 5.41) is 0. The zero-order chi connectivity index (χ0) is 16.7. The maximum Gasteiger partial charge on any atom is 0.495 e. The van der Waals surface area contributed by atoms with Gasteiger partial charge in [-0.1, -0.05) is 6.07 Å². The molecule has 0 aromatic heterocycles. The van der Waals surface area contributed by atoms with E-state index >= 15 is 0 Å². The first-order valence-electron chi connectivity index (χ1n) is 8.45. The van der Waals surface area contributed by atoms with Crippen molar-refractivity contribution >= 4 is 12.6 Å². The van der Waals surface area contributed by atoms with Gasteiger partial charge in [0.15, 0.2) is 0 Å². The molecule has 5 heteroatoms. The van der Waals surface area contributed by atoms with Crippen LogP contribution in [0.2, 0.25) is 0 Å². The first-order chi connectivity index (χ1) is 10.8. The first-order valence-corrected chi connectivity index (χ1v) is 8.45. The van der Waals surface area contributed by atoms with Gasteiger partial charge in [-0.05, 0) is 69.6 Å². The Morgan fingerprint density at radius 1 is 1.04 bits per heavy atom. The van der Waals surface area contributed by atoms with Gasteiger partial charge in [-0.3, -0.25) is 0 Å². The Hall–Kier alpha value is -1.04. The van der Waals surface area contributed by atoms with Gasteiger partial charge in [-0.25, -0.2) is 0 Å². The molecular formula is C18H27BO4. The van der Waals surface area contributed by atoms with E-state index in [1.807, 2.05) is 6.07 Å². The number of hydrogen-bond donors (Lipinski definition) is 0. The van der Waals surface area contributed by atoms with Gasteiger partial charge in [0, 0.05) is 13.2 Å². The van der Waals surface area contributed by atoms with Crippen molar-refractivity contribution in [1.82, 2.24) is 0 Å². The minimum atomic E-state index is -0.330. The normalized spacial score (nSPS) is 24.0. The van der Waals surface area contributed by atoms with E-state index in [1.165, 1.54) is 5.56 Å². The molecule has 2 fully saturated rings. The smallest absolute Gasteiger partial charge is 0.495 e. The molecule has 4 nitrogen and oxygen atoms in total. The molecule has 2 heterocycles. The number of ether oxygens (including phenoxy) is 2. The van der Waals surface area contributed by atoms with Gasteiger partial charge in [-0.2, -0.15) is 0 Å². The van der Waals surface area contributed by atoms with Crippen molar-refractivity contribution in [1.29, 1.82) is 0 Å². The van der Waals surface area contributed by atoms with Gasteiger partial charge in [-0.15, -0.1) is 0 Å². The molecule has 0 atom stereocenters. The fraction of sp³-hybridized carbons (Fsp3) is 0.667. The van der Waals surface area contributed by atoms with E-state index in [0.717, 1.165) is 37.3 Å². The van der Waals surface area contributed by atoms with Crippen molar-refractivity contribution in [3.05, 3.63) is 23.8 Å². The van der Waals surface area contributed by atoms with Gasteiger partial charge in [0.1, 0.15) is 5.75 Å². The lowest BCUT2D eigenvalue weighted by Crippen LogP contribution is -2.41.